The summed E-state index contributed by atoms with van der Waals surface area (Å²) in [6.45, 7) is 2.34. The van der Waals surface area contributed by atoms with Crippen LogP contribution < -0.4 is 4.74 Å². The van der Waals surface area contributed by atoms with Gasteiger partial charge in [-0.05, 0) is 56.2 Å². The van der Waals surface area contributed by atoms with Crippen molar-refractivity contribution in [3.63, 3.8) is 0 Å². The Bertz CT molecular complexity index is 608. The number of hydrogen-bond acceptors (Lipinski definition) is 5. The van der Waals surface area contributed by atoms with E-state index < -0.39 is 11.8 Å². The molecule has 1 aliphatic rings. The van der Waals surface area contributed by atoms with Gasteiger partial charge in [-0.2, -0.15) is 0 Å². The van der Waals surface area contributed by atoms with Crippen LogP contribution in [-0.4, -0.2) is 31.8 Å². The number of ether oxygens (including phenoxy) is 3. The summed E-state index contributed by atoms with van der Waals surface area (Å²) < 4.78 is 29.8. The molecule has 0 unspecified atom stereocenters. The lowest BCUT2D eigenvalue weighted by Crippen LogP contribution is -2.26. The lowest BCUT2D eigenvalue weighted by molar-refractivity contribution is -0.142. The minimum atomic E-state index is -0.563. The molecule has 2 rings (SSSR count). The first kappa shape index (κ1) is 20.2. The fourth-order valence-electron chi connectivity index (χ4n) is 3.07. The number of unbranched alkanes of at least 4 members (excludes halogenated alkanes) is 1. The SMILES string of the molecule is CCCCOC(=O)c1ccc(OC2CCC(CC(=O)OC)CC2)c(F)c1. The second kappa shape index (κ2) is 10.1. The van der Waals surface area contributed by atoms with Crippen molar-refractivity contribution in [3.8, 4) is 5.75 Å². The van der Waals surface area contributed by atoms with E-state index in [9.17, 15) is 14.0 Å². The molecular formula is C20H27FO5. The van der Waals surface area contributed by atoms with Crippen LogP contribution in [-0.2, 0) is 14.3 Å². The van der Waals surface area contributed by atoms with Gasteiger partial charge in [-0.1, -0.05) is 13.3 Å². The molecular weight excluding hydrogens is 339 g/mol. The summed E-state index contributed by atoms with van der Waals surface area (Å²) in [6.07, 6.45) is 5.29. The highest BCUT2D eigenvalue weighted by molar-refractivity contribution is 5.89. The number of esters is 2. The zero-order valence-corrected chi connectivity index (χ0v) is 15.5. The molecule has 144 valence electrons. The van der Waals surface area contributed by atoms with E-state index in [0.717, 1.165) is 44.6 Å². The molecule has 5 nitrogen and oxygen atoms in total. The summed E-state index contributed by atoms with van der Waals surface area (Å²) in [7, 11) is 1.39. The van der Waals surface area contributed by atoms with E-state index in [1.165, 1.54) is 19.2 Å². The monoisotopic (exact) mass is 366 g/mol. The van der Waals surface area contributed by atoms with Gasteiger partial charge in [-0.15, -0.1) is 0 Å². The van der Waals surface area contributed by atoms with Gasteiger partial charge < -0.3 is 14.2 Å². The molecule has 6 heteroatoms. The third-order valence-corrected chi connectivity index (χ3v) is 4.67. The van der Waals surface area contributed by atoms with Crippen LogP contribution in [0.4, 0.5) is 4.39 Å². The summed E-state index contributed by atoms with van der Waals surface area (Å²) >= 11 is 0. The third kappa shape index (κ3) is 6.00. The van der Waals surface area contributed by atoms with Crippen molar-refractivity contribution in [2.24, 2.45) is 5.92 Å². The molecule has 0 spiro atoms. The topological polar surface area (TPSA) is 61.8 Å². The smallest absolute Gasteiger partial charge is 0.338 e. The summed E-state index contributed by atoms with van der Waals surface area (Å²) in [5.41, 5.74) is 0.188. The maximum absolute atomic E-state index is 14.3. The van der Waals surface area contributed by atoms with Crippen LogP contribution >= 0.6 is 0 Å². The number of methoxy groups -OCH3 is 1. The number of carbonyl (C=O) groups excluding carboxylic acids is 2. The van der Waals surface area contributed by atoms with Gasteiger partial charge in [0.2, 0.25) is 0 Å². The first-order valence-corrected chi connectivity index (χ1v) is 9.23. The third-order valence-electron chi connectivity index (χ3n) is 4.67. The van der Waals surface area contributed by atoms with E-state index >= 15 is 0 Å². The fourth-order valence-corrected chi connectivity index (χ4v) is 3.07. The van der Waals surface area contributed by atoms with E-state index in [1.54, 1.807) is 0 Å². The lowest BCUT2D eigenvalue weighted by Gasteiger charge is -2.28. The molecule has 0 saturated heterocycles. The molecule has 1 saturated carbocycles. The Balaban J connectivity index is 1.85. The van der Waals surface area contributed by atoms with Gasteiger partial charge in [0.25, 0.3) is 0 Å². The van der Waals surface area contributed by atoms with Crippen molar-refractivity contribution in [3.05, 3.63) is 29.6 Å². The molecule has 1 aromatic rings. The van der Waals surface area contributed by atoms with Gasteiger partial charge in [0.1, 0.15) is 0 Å². The van der Waals surface area contributed by atoms with Crippen LogP contribution in [0.2, 0.25) is 0 Å². The summed E-state index contributed by atoms with van der Waals surface area (Å²) in [5.74, 6) is -0.834. The quantitative estimate of drug-likeness (QED) is 0.507. The average Bonchev–Trinajstić information content (AvgIpc) is 2.64. The number of carbonyl (C=O) groups is 2. The van der Waals surface area contributed by atoms with E-state index in [2.05, 4.69) is 0 Å². The summed E-state index contributed by atoms with van der Waals surface area (Å²) in [6, 6.07) is 4.16. The highest BCUT2D eigenvalue weighted by Gasteiger charge is 2.25. The first-order chi connectivity index (χ1) is 12.5. The minimum Gasteiger partial charge on any atom is -0.487 e. The molecule has 0 aliphatic heterocycles. The van der Waals surface area contributed by atoms with Gasteiger partial charge in [0.05, 0.1) is 25.4 Å². The van der Waals surface area contributed by atoms with Gasteiger partial charge in [0.15, 0.2) is 11.6 Å². The van der Waals surface area contributed by atoms with Crippen molar-refractivity contribution in [2.45, 2.75) is 58.0 Å². The standard InChI is InChI=1S/C20H27FO5/c1-3-4-11-25-20(23)15-7-10-18(17(21)13-15)26-16-8-5-14(6-9-16)12-19(22)24-2/h7,10,13-14,16H,3-6,8-9,11-12H2,1-2H3. The van der Waals surface area contributed by atoms with Crippen molar-refractivity contribution in [1.29, 1.82) is 0 Å². The van der Waals surface area contributed by atoms with E-state index in [0.29, 0.717) is 18.9 Å². The van der Waals surface area contributed by atoms with Crippen molar-refractivity contribution < 1.29 is 28.2 Å². The zero-order valence-electron chi connectivity index (χ0n) is 15.5. The lowest BCUT2D eigenvalue weighted by atomic mass is 9.85. The van der Waals surface area contributed by atoms with Crippen molar-refractivity contribution in [1.82, 2.24) is 0 Å². The molecule has 0 heterocycles. The number of rotatable bonds is 8. The second-order valence-electron chi connectivity index (χ2n) is 6.68. The molecule has 0 radical (unpaired) electrons. The normalized spacial score (nSPS) is 19.7. The molecule has 26 heavy (non-hydrogen) atoms. The highest BCUT2D eigenvalue weighted by atomic mass is 19.1. The van der Waals surface area contributed by atoms with Gasteiger partial charge in [-0.25, -0.2) is 9.18 Å². The van der Waals surface area contributed by atoms with Gasteiger partial charge in [-0.3, -0.25) is 4.79 Å². The highest BCUT2D eigenvalue weighted by Crippen LogP contribution is 2.31. The van der Waals surface area contributed by atoms with E-state index in [-0.39, 0.29) is 23.4 Å². The molecule has 0 aromatic heterocycles. The largest absolute Gasteiger partial charge is 0.487 e. The summed E-state index contributed by atoms with van der Waals surface area (Å²) in [4.78, 5) is 23.2. The van der Waals surface area contributed by atoms with Gasteiger partial charge >= 0.3 is 11.9 Å². The second-order valence-corrected chi connectivity index (χ2v) is 6.68. The fraction of sp³-hybridized carbons (Fsp3) is 0.600. The molecule has 0 atom stereocenters. The Kier molecular flexibility index (Phi) is 7.88. The number of benzene rings is 1. The summed E-state index contributed by atoms with van der Waals surface area (Å²) in [5, 5.41) is 0. The minimum absolute atomic E-state index is 0.0826. The Hall–Kier alpha value is -2.11. The molecule has 0 bridgehead atoms. The molecule has 1 fully saturated rings. The molecule has 1 aromatic carbocycles. The predicted molar refractivity (Wildman–Crippen MR) is 94.6 cm³/mol. The van der Waals surface area contributed by atoms with Crippen LogP contribution in [0.1, 0.15) is 62.2 Å². The van der Waals surface area contributed by atoms with Crippen molar-refractivity contribution in [2.75, 3.05) is 13.7 Å². The Morgan fingerprint density at radius 2 is 1.92 bits per heavy atom. The molecule has 1 aliphatic carbocycles. The van der Waals surface area contributed by atoms with Crippen LogP contribution in [0.25, 0.3) is 0 Å². The van der Waals surface area contributed by atoms with Crippen LogP contribution in [0.15, 0.2) is 18.2 Å². The Morgan fingerprint density at radius 3 is 2.54 bits per heavy atom. The predicted octanol–water partition coefficient (Wildman–Crippen LogP) is 4.28. The van der Waals surface area contributed by atoms with Crippen LogP contribution in [0.3, 0.4) is 0 Å². The first-order valence-electron chi connectivity index (χ1n) is 9.23. The Labute approximate surface area is 153 Å². The van der Waals surface area contributed by atoms with Crippen molar-refractivity contribution >= 4 is 11.9 Å². The number of halogens is 1. The number of hydrogen-bond donors (Lipinski definition) is 0. The Morgan fingerprint density at radius 1 is 1.19 bits per heavy atom. The average molecular weight is 366 g/mol. The van der Waals surface area contributed by atoms with Gasteiger partial charge in [0, 0.05) is 6.42 Å². The van der Waals surface area contributed by atoms with Crippen LogP contribution in [0, 0.1) is 11.7 Å². The molecule has 0 N–H and O–H groups in total. The zero-order chi connectivity index (χ0) is 18.9. The molecule has 0 amide bonds. The van der Waals surface area contributed by atoms with Crippen LogP contribution in [0.5, 0.6) is 5.75 Å². The maximum Gasteiger partial charge on any atom is 0.338 e. The maximum atomic E-state index is 14.3. The van der Waals surface area contributed by atoms with E-state index in [1.807, 2.05) is 6.92 Å². The van der Waals surface area contributed by atoms with E-state index in [4.69, 9.17) is 14.2 Å².